The molecule has 158 valence electrons. The molecule has 10 heteroatoms. The number of methoxy groups -OCH3 is 2. The van der Waals surface area contributed by atoms with Gasteiger partial charge < -0.3 is 14.0 Å². The molecule has 0 saturated carbocycles. The third-order valence-corrected chi connectivity index (χ3v) is 5.53. The Morgan fingerprint density at radius 2 is 1.67 bits per heavy atom. The van der Waals surface area contributed by atoms with E-state index in [9.17, 15) is 18.0 Å². The molecule has 3 aromatic rings. The van der Waals surface area contributed by atoms with E-state index in [4.69, 9.17) is 9.47 Å². The van der Waals surface area contributed by atoms with E-state index in [-0.39, 0.29) is 23.0 Å². The summed E-state index contributed by atoms with van der Waals surface area (Å²) in [6.07, 6.45) is 2.52. The average molecular weight is 431 g/mol. The molecule has 3 rings (SSSR count). The Bertz CT molecular complexity index is 1330. The zero-order valence-corrected chi connectivity index (χ0v) is 17.8. The fourth-order valence-electron chi connectivity index (χ4n) is 2.98. The summed E-state index contributed by atoms with van der Waals surface area (Å²) >= 11 is 0. The highest BCUT2D eigenvalue weighted by Gasteiger charge is 2.17. The monoisotopic (exact) mass is 431 g/mol. The van der Waals surface area contributed by atoms with Crippen LogP contribution < -0.4 is 20.6 Å². The van der Waals surface area contributed by atoms with Gasteiger partial charge in [0.1, 0.15) is 0 Å². The zero-order chi connectivity index (χ0) is 22.1. The highest BCUT2D eigenvalue weighted by molar-refractivity contribution is 7.90. The van der Waals surface area contributed by atoms with Gasteiger partial charge in [-0.1, -0.05) is 6.07 Å². The molecule has 0 aliphatic rings. The van der Waals surface area contributed by atoms with Crippen molar-refractivity contribution in [2.75, 3.05) is 20.5 Å². The number of nitrogens with zero attached hydrogens (tertiary/aromatic N) is 3. The van der Waals surface area contributed by atoms with Crippen LogP contribution in [0.3, 0.4) is 0 Å². The van der Waals surface area contributed by atoms with Gasteiger partial charge in [0.15, 0.2) is 11.5 Å². The normalized spacial score (nSPS) is 11.3. The minimum atomic E-state index is -3.71. The number of hydrogen-bond acceptors (Lipinski definition) is 7. The molecule has 9 nitrogen and oxygen atoms in total. The molecule has 2 aromatic heterocycles. The van der Waals surface area contributed by atoms with Crippen LogP contribution in [-0.2, 0) is 23.4 Å². The topological polar surface area (TPSA) is 109 Å². The van der Waals surface area contributed by atoms with E-state index in [1.165, 1.54) is 50.2 Å². The van der Waals surface area contributed by atoms with E-state index in [1.54, 1.807) is 18.2 Å². The van der Waals surface area contributed by atoms with Gasteiger partial charge in [-0.3, -0.25) is 14.2 Å². The number of hydrogen-bond donors (Lipinski definition) is 0. The Balaban J connectivity index is 2.06. The van der Waals surface area contributed by atoms with Crippen LogP contribution in [0.5, 0.6) is 11.5 Å². The molecular weight excluding hydrogens is 410 g/mol. The van der Waals surface area contributed by atoms with Gasteiger partial charge in [0.25, 0.3) is 11.1 Å². The first kappa shape index (κ1) is 21.3. The van der Waals surface area contributed by atoms with Gasteiger partial charge in [0.05, 0.1) is 26.5 Å². The molecule has 30 heavy (non-hydrogen) atoms. The summed E-state index contributed by atoms with van der Waals surface area (Å²) in [5.41, 5.74) is 0.622. The molecule has 0 unspecified atom stereocenters. The van der Waals surface area contributed by atoms with Gasteiger partial charge in [0, 0.05) is 37.2 Å². The van der Waals surface area contributed by atoms with Crippen LogP contribution >= 0.6 is 0 Å². The third kappa shape index (κ3) is 4.28. The van der Waals surface area contributed by atoms with Crippen molar-refractivity contribution in [3.05, 3.63) is 68.9 Å². The second kappa shape index (κ2) is 8.15. The number of sulfone groups is 1. The Morgan fingerprint density at radius 1 is 0.967 bits per heavy atom. The van der Waals surface area contributed by atoms with Gasteiger partial charge >= 0.3 is 0 Å². The van der Waals surface area contributed by atoms with E-state index >= 15 is 0 Å². The van der Waals surface area contributed by atoms with Crippen LogP contribution in [0, 0.1) is 0 Å². The molecule has 0 fully saturated rings. The lowest BCUT2D eigenvalue weighted by atomic mass is 10.1. The Morgan fingerprint density at radius 3 is 2.30 bits per heavy atom. The van der Waals surface area contributed by atoms with Crippen LogP contribution in [0.4, 0.5) is 0 Å². The molecule has 0 spiro atoms. The van der Waals surface area contributed by atoms with E-state index in [2.05, 4.69) is 4.98 Å². The van der Waals surface area contributed by atoms with Crippen LogP contribution in [0.2, 0.25) is 0 Å². The van der Waals surface area contributed by atoms with Crippen molar-refractivity contribution >= 4 is 9.84 Å². The molecule has 0 amide bonds. The second-order valence-electron chi connectivity index (χ2n) is 6.67. The summed E-state index contributed by atoms with van der Waals surface area (Å²) < 4.78 is 36.9. The lowest BCUT2D eigenvalue weighted by Gasteiger charge is -2.12. The number of ether oxygens (including phenoxy) is 2. The molecule has 0 aliphatic carbocycles. The minimum absolute atomic E-state index is 0.166. The summed E-state index contributed by atoms with van der Waals surface area (Å²) in [5.74, 6) is 1.10. The standard InChI is InChI=1S/C20H21N3O6S/c1-22-19(25)10-15(21-20(22)30(4,26)27)14-6-8-18(24)23(12-14)11-13-5-7-16(28-2)17(9-13)29-3/h5-10,12H,11H2,1-4H3. The molecule has 2 heterocycles. The number of rotatable bonds is 6. The fraction of sp³-hybridized carbons (Fsp3) is 0.250. The Hall–Kier alpha value is -3.40. The molecule has 0 aliphatic heterocycles. The van der Waals surface area contributed by atoms with Crippen molar-refractivity contribution in [3.63, 3.8) is 0 Å². The second-order valence-corrected chi connectivity index (χ2v) is 8.58. The van der Waals surface area contributed by atoms with Crippen LogP contribution in [0.1, 0.15) is 5.56 Å². The van der Waals surface area contributed by atoms with Gasteiger partial charge in [-0.25, -0.2) is 13.4 Å². The smallest absolute Gasteiger partial charge is 0.254 e. The molecule has 0 bridgehead atoms. The molecule has 0 N–H and O–H groups in total. The first-order valence-electron chi connectivity index (χ1n) is 8.84. The van der Waals surface area contributed by atoms with E-state index in [0.29, 0.717) is 17.1 Å². The largest absolute Gasteiger partial charge is 0.493 e. The van der Waals surface area contributed by atoms with Crippen LogP contribution in [0.25, 0.3) is 11.3 Å². The van der Waals surface area contributed by atoms with Gasteiger partial charge in [-0.2, -0.15) is 0 Å². The number of aromatic nitrogens is 3. The first-order chi connectivity index (χ1) is 14.1. The zero-order valence-electron chi connectivity index (χ0n) is 16.9. The summed E-state index contributed by atoms with van der Waals surface area (Å²) in [4.78, 5) is 28.7. The number of pyridine rings is 1. The average Bonchev–Trinajstić information content (AvgIpc) is 2.70. The molecular formula is C20H21N3O6S. The summed E-state index contributed by atoms with van der Waals surface area (Å²) in [5, 5.41) is -0.345. The summed E-state index contributed by atoms with van der Waals surface area (Å²) in [6, 6.07) is 9.38. The SMILES string of the molecule is COc1ccc(Cn2cc(-c3cc(=O)n(C)c(S(C)(=O)=O)n3)ccc2=O)cc1OC. The molecule has 0 saturated heterocycles. The van der Waals surface area contributed by atoms with E-state index in [1.807, 2.05) is 0 Å². The van der Waals surface area contributed by atoms with Crippen molar-refractivity contribution in [3.8, 4) is 22.8 Å². The highest BCUT2D eigenvalue weighted by Crippen LogP contribution is 2.27. The van der Waals surface area contributed by atoms with Crippen LogP contribution in [0.15, 0.2) is 57.3 Å². The van der Waals surface area contributed by atoms with Crippen LogP contribution in [-0.4, -0.2) is 43.0 Å². The van der Waals surface area contributed by atoms with E-state index in [0.717, 1.165) is 16.4 Å². The summed E-state index contributed by atoms with van der Waals surface area (Å²) in [7, 11) is 0.689. The lowest BCUT2D eigenvalue weighted by molar-refractivity contribution is 0.354. The molecule has 1 aromatic carbocycles. The quantitative estimate of drug-likeness (QED) is 0.537. The predicted octanol–water partition coefficient (Wildman–Crippen LogP) is 1.08. The van der Waals surface area contributed by atoms with Crippen molar-refractivity contribution in [2.24, 2.45) is 7.05 Å². The Kier molecular flexibility index (Phi) is 5.79. The minimum Gasteiger partial charge on any atom is -0.493 e. The maximum absolute atomic E-state index is 12.4. The van der Waals surface area contributed by atoms with Gasteiger partial charge in [0.2, 0.25) is 15.0 Å². The summed E-state index contributed by atoms with van der Waals surface area (Å²) in [6.45, 7) is 0.233. The molecule has 0 atom stereocenters. The van der Waals surface area contributed by atoms with Gasteiger partial charge in [-0.05, 0) is 23.8 Å². The lowest BCUT2D eigenvalue weighted by Crippen LogP contribution is -2.24. The van der Waals surface area contributed by atoms with Crippen molar-refractivity contribution < 1.29 is 17.9 Å². The number of benzene rings is 1. The van der Waals surface area contributed by atoms with Crippen molar-refractivity contribution in [1.82, 2.24) is 14.1 Å². The Labute approximate surface area is 173 Å². The van der Waals surface area contributed by atoms with Crippen molar-refractivity contribution in [1.29, 1.82) is 0 Å². The van der Waals surface area contributed by atoms with Gasteiger partial charge in [-0.15, -0.1) is 0 Å². The highest BCUT2D eigenvalue weighted by atomic mass is 32.2. The van der Waals surface area contributed by atoms with E-state index < -0.39 is 15.4 Å². The maximum atomic E-state index is 12.4. The fourth-order valence-corrected chi connectivity index (χ4v) is 3.83. The van der Waals surface area contributed by atoms with Crippen molar-refractivity contribution in [2.45, 2.75) is 11.7 Å². The third-order valence-electron chi connectivity index (χ3n) is 4.51. The molecule has 0 radical (unpaired) electrons. The predicted molar refractivity (Wildman–Crippen MR) is 111 cm³/mol. The first-order valence-corrected chi connectivity index (χ1v) is 10.7. The maximum Gasteiger partial charge on any atom is 0.254 e.